The van der Waals surface area contributed by atoms with Crippen molar-refractivity contribution in [2.45, 2.75) is 38.0 Å². The van der Waals surface area contributed by atoms with E-state index in [4.69, 9.17) is 4.98 Å². The number of hydrogen-bond acceptors (Lipinski definition) is 7. The Morgan fingerprint density at radius 1 is 1.03 bits per heavy atom. The normalized spacial score (nSPS) is 21.4. The number of pyridine rings is 1. The van der Waals surface area contributed by atoms with Gasteiger partial charge in [0.15, 0.2) is 11.6 Å². The van der Waals surface area contributed by atoms with Gasteiger partial charge in [-0.3, -0.25) is 0 Å². The highest BCUT2D eigenvalue weighted by Gasteiger charge is 2.65. The molecule has 2 atom stereocenters. The van der Waals surface area contributed by atoms with Crippen molar-refractivity contribution in [3.05, 3.63) is 83.4 Å². The highest BCUT2D eigenvalue weighted by atomic mass is 32.2. The number of benzene rings is 1. The molecule has 4 aromatic rings. The molecular formula is C28H26F2N6OS. The van der Waals surface area contributed by atoms with Crippen LogP contribution in [-0.4, -0.2) is 41.9 Å². The Balaban J connectivity index is 1.45. The third-order valence-electron chi connectivity index (χ3n) is 8.01. The maximum Gasteiger partial charge on any atom is 0.161 e. The molecule has 1 fully saturated rings. The summed E-state index contributed by atoms with van der Waals surface area (Å²) in [6, 6.07) is 11.0. The van der Waals surface area contributed by atoms with E-state index in [9.17, 15) is 13.0 Å². The second kappa shape index (κ2) is 8.42. The van der Waals surface area contributed by atoms with E-state index in [1.54, 1.807) is 37.0 Å². The van der Waals surface area contributed by atoms with Crippen LogP contribution in [0, 0.1) is 17.0 Å². The van der Waals surface area contributed by atoms with Crippen molar-refractivity contribution in [2.75, 3.05) is 12.5 Å². The van der Waals surface area contributed by atoms with Crippen LogP contribution in [0.25, 0.3) is 22.6 Å². The maximum atomic E-state index is 14.5. The third-order valence-corrected chi connectivity index (χ3v) is 8.64. The first-order chi connectivity index (χ1) is 18.0. The van der Waals surface area contributed by atoms with Gasteiger partial charge in [0.2, 0.25) is 0 Å². The second-order valence-corrected chi connectivity index (χ2v) is 13.3. The molecular weight excluding hydrogens is 506 g/mol. The van der Waals surface area contributed by atoms with Gasteiger partial charge in [-0.1, -0.05) is 19.9 Å². The summed E-state index contributed by atoms with van der Waals surface area (Å²) in [5.41, 5.74) is 2.55. The Morgan fingerprint density at radius 3 is 2.47 bits per heavy atom. The smallest absolute Gasteiger partial charge is 0.161 e. The number of fused-ring (bicyclic) bond motifs is 5. The SMILES string of the molecule is CC1(C)[C@H]2CC[C@]1(c1ccnc(-c3ccc(N=S(C)(C)=O)nc3)n1)c1nnc(-c3c(F)cccc3F)cc12. The molecule has 3 aromatic heterocycles. The predicted molar refractivity (Wildman–Crippen MR) is 141 cm³/mol. The van der Waals surface area contributed by atoms with Gasteiger partial charge in [-0.25, -0.2) is 27.9 Å². The van der Waals surface area contributed by atoms with Crippen LogP contribution >= 0.6 is 0 Å². The third kappa shape index (κ3) is 3.65. The molecule has 194 valence electrons. The summed E-state index contributed by atoms with van der Waals surface area (Å²) in [6.07, 6.45) is 8.20. The van der Waals surface area contributed by atoms with Crippen molar-refractivity contribution in [3.8, 4) is 22.6 Å². The Hall–Kier alpha value is -3.66. The quantitative estimate of drug-likeness (QED) is 0.328. The first-order valence-corrected chi connectivity index (χ1v) is 14.6. The molecule has 1 aromatic carbocycles. The van der Waals surface area contributed by atoms with Gasteiger partial charge in [-0.2, -0.15) is 9.46 Å². The van der Waals surface area contributed by atoms with E-state index in [1.807, 2.05) is 12.1 Å². The Bertz CT molecular complexity index is 1690. The molecule has 0 saturated heterocycles. The largest absolute Gasteiger partial charge is 0.250 e. The zero-order chi connectivity index (χ0) is 26.9. The second-order valence-electron chi connectivity index (χ2n) is 10.8. The Morgan fingerprint density at radius 2 is 1.79 bits per heavy atom. The molecule has 2 aliphatic carbocycles. The highest BCUT2D eigenvalue weighted by Crippen LogP contribution is 2.69. The molecule has 6 rings (SSSR count). The zero-order valence-corrected chi connectivity index (χ0v) is 22.3. The van der Waals surface area contributed by atoms with Crippen LogP contribution in [0.4, 0.5) is 14.6 Å². The van der Waals surface area contributed by atoms with Gasteiger partial charge in [0.05, 0.1) is 28.1 Å². The molecule has 0 N–H and O–H groups in total. The summed E-state index contributed by atoms with van der Waals surface area (Å²) in [6.45, 7) is 4.39. The first-order valence-electron chi connectivity index (χ1n) is 12.3. The molecule has 2 aliphatic rings. The van der Waals surface area contributed by atoms with E-state index in [2.05, 4.69) is 38.4 Å². The summed E-state index contributed by atoms with van der Waals surface area (Å²) < 4.78 is 45.2. The molecule has 1 saturated carbocycles. The lowest BCUT2D eigenvalue weighted by atomic mass is 9.66. The average molecular weight is 533 g/mol. The summed E-state index contributed by atoms with van der Waals surface area (Å²) in [5, 5.41) is 8.90. The molecule has 2 bridgehead atoms. The van der Waals surface area contributed by atoms with E-state index in [-0.39, 0.29) is 22.6 Å². The van der Waals surface area contributed by atoms with Crippen LogP contribution in [0.15, 0.2) is 59.2 Å². The lowest BCUT2D eigenvalue weighted by Gasteiger charge is -2.37. The van der Waals surface area contributed by atoms with Gasteiger partial charge in [-0.05, 0) is 66.1 Å². The molecule has 0 unspecified atom stereocenters. The fraction of sp³-hybridized carbons (Fsp3) is 0.321. The maximum absolute atomic E-state index is 14.5. The minimum atomic E-state index is -2.32. The van der Waals surface area contributed by atoms with Gasteiger partial charge in [-0.15, -0.1) is 5.10 Å². The molecule has 7 nitrogen and oxygen atoms in total. The van der Waals surface area contributed by atoms with Crippen molar-refractivity contribution >= 4 is 15.5 Å². The number of rotatable bonds is 4. The summed E-state index contributed by atoms with van der Waals surface area (Å²) >= 11 is 0. The van der Waals surface area contributed by atoms with Crippen LogP contribution in [0.1, 0.15) is 49.6 Å². The summed E-state index contributed by atoms with van der Waals surface area (Å²) in [7, 11) is -2.32. The first kappa shape index (κ1) is 24.7. The van der Waals surface area contributed by atoms with Crippen LogP contribution in [-0.2, 0) is 15.1 Å². The number of aromatic nitrogens is 5. The van der Waals surface area contributed by atoms with Gasteiger partial charge in [0.25, 0.3) is 0 Å². The summed E-state index contributed by atoms with van der Waals surface area (Å²) in [4.78, 5) is 13.8. The molecule has 38 heavy (non-hydrogen) atoms. The van der Waals surface area contributed by atoms with E-state index in [1.165, 1.54) is 18.2 Å². The van der Waals surface area contributed by atoms with Crippen molar-refractivity contribution in [2.24, 2.45) is 9.78 Å². The Kier molecular flexibility index (Phi) is 5.47. The predicted octanol–water partition coefficient (Wildman–Crippen LogP) is 5.84. The van der Waals surface area contributed by atoms with E-state index in [0.29, 0.717) is 17.2 Å². The minimum absolute atomic E-state index is 0.139. The van der Waals surface area contributed by atoms with Crippen LogP contribution < -0.4 is 0 Å². The molecule has 0 aliphatic heterocycles. The lowest BCUT2D eigenvalue weighted by Crippen LogP contribution is -2.38. The topological polar surface area (TPSA) is 93.9 Å². The number of hydrogen-bond donors (Lipinski definition) is 0. The molecule has 10 heteroatoms. The summed E-state index contributed by atoms with van der Waals surface area (Å²) in [5.74, 6) is -0.287. The van der Waals surface area contributed by atoms with Crippen LogP contribution in [0.3, 0.4) is 0 Å². The molecule has 0 radical (unpaired) electrons. The average Bonchev–Trinajstić information content (AvgIpc) is 3.24. The molecule has 0 amide bonds. The van der Waals surface area contributed by atoms with Gasteiger partial charge in [0.1, 0.15) is 11.6 Å². The van der Waals surface area contributed by atoms with Crippen LogP contribution in [0.2, 0.25) is 0 Å². The van der Waals surface area contributed by atoms with E-state index >= 15 is 0 Å². The molecule has 3 heterocycles. The van der Waals surface area contributed by atoms with Gasteiger partial charge >= 0.3 is 0 Å². The monoisotopic (exact) mass is 532 g/mol. The standard InChI is InChI=1S/C28H26F2N6OS/c1-27(2)18-10-12-28(27,25-17(18)14-21(34-35-25)24-19(29)6-5-7-20(24)30)22-11-13-31-26(33-22)16-8-9-23(32-15-16)36-38(3,4)37/h5-9,11,13-15,18H,10,12H2,1-4H3/t18-,28-/m0/s1. The van der Waals surface area contributed by atoms with Gasteiger partial charge < -0.3 is 0 Å². The number of halogens is 2. The zero-order valence-electron chi connectivity index (χ0n) is 21.4. The van der Waals surface area contributed by atoms with E-state index < -0.39 is 26.8 Å². The fourth-order valence-electron chi connectivity index (χ4n) is 6.29. The van der Waals surface area contributed by atoms with Crippen molar-refractivity contribution in [1.29, 1.82) is 0 Å². The van der Waals surface area contributed by atoms with Crippen molar-refractivity contribution in [1.82, 2.24) is 25.1 Å². The van der Waals surface area contributed by atoms with E-state index in [0.717, 1.165) is 29.8 Å². The lowest BCUT2D eigenvalue weighted by molar-refractivity contribution is 0.243. The minimum Gasteiger partial charge on any atom is -0.250 e. The Labute approximate surface area is 220 Å². The van der Waals surface area contributed by atoms with Crippen LogP contribution in [0.5, 0.6) is 0 Å². The van der Waals surface area contributed by atoms with Crippen molar-refractivity contribution in [3.63, 3.8) is 0 Å². The number of nitrogens with zero attached hydrogens (tertiary/aromatic N) is 6. The molecule has 0 spiro atoms. The van der Waals surface area contributed by atoms with Gasteiger partial charge in [0, 0.05) is 40.2 Å². The highest BCUT2D eigenvalue weighted by molar-refractivity contribution is 7.92. The van der Waals surface area contributed by atoms with Crippen molar-refractivity contribution < 1.29 is 13.0 Å². The fourth-order valence-corrected chi connectivity index (χ4v) is 6.85.